The smallest absolute Gasteiger partial charge is 0.433 e. The third-order valence-electron chi connectivity index (χ3n) is 5.35. The molecule has 0 fully saturated rings. The summed E-state index contributed by atoms with van der Waals surface area (Å²) in [7, 11) is 0. The third-order valence-corrected chi connectivity index (χ3v) is 5.35. The van der Waals surface area contributed by atoms with Crippen LogP contribution in [-0.4, -0.2) is 45.9 Å². The summed E-state index contributed by atoms with van der Waals surface area (Å²) in [6.07, 6.45) is -5.04. The summed E-state index contributed by atoms with van der Waals surface area (Å²) in [4.78, 5) is 41.7. The molecule has 2 aromatic rings. The first-order valence-corrected chi connectivity index (χ1v) is 11.1. The molecule has 1 aromatic heterocycles. The van der Waals surface area contributed by atoms with Gasteiger partial charge in [0.25, 0.3) is 0 Å². The molecule has 3 rings (SSSR count). The minimum absolute atomic E-state index is 0.0670. The lowest BCUT2D eigenvalue weighted by molar-refractivity contribution is -0.142. The minimum Gasteiger partial charge on any atom is -0.481 e. The summed E-state index contributed by atoms with van der Waals surface area (Å²) in [5.74, 6) is -1.71. The molecule has 1 unspecified atom stereocenters. The Bertz CT molecular complexity index is 1100. The van der Waals surface area contributed by atoms with Crippen molar-refractivity contribution in [2.24, 2.45) is 5.92 Å². The van der Waals surface area contributed by atoms with Crippen molar-refractivity contribution < 1.29 is 37.4 Å². The van der Waals surface area contributed by atoms with Gasteiger partial charge in [-0.3, -0.25) is 14.4 Å². The number of aliphatic carboxylic acids is 1. The Morgan fingerprint density at radius 1 is 1.23 bits per heavy atom. The monoisotopic (exact) mass is 493 g/mol. The molecule has 0 bridgehead atoms. The normalized spacial score (nSPS) is 15.7. The molecule has 1 aliphatic rings. The molecule has 0 aliphatic carbocycles. The lowest BCUT2D eigenvalue weighted by Crippen LogP contribution is -2.38. The van der Waals surface area contributed by atoms with Gasteiger partial charge in [-0.05, 0) is 29.7 Å². The van der Waals surface area contributed by atoms with Crippen molar-refractivity contribution in [2.45, 2.75) is 45.3 Å². The zero-order valence-electron chi connectivity index (χ0n) is 19.3. The number of carboxylic acid groups (broad SMARTS) is 1. The van der Waals surface area contributed by atoms with Crippen LogP contribution < -0.4 is 10.1 Å². The second-order valence-electron chi connectivity index (χ2n) is 8.66. The number of amides is 1. The first-order chi connectivity index (χ1) is 16.4. The Labute approximate surface area is 200 Å². The standard InChI is InChI=1S/C24H26F3N3O5/c1-14(2)10-22(34)35-16-5-3-4-15(11-16)12-20(31)30-9-8-28-23-17(18(30)13-21(32)33)6-7-19(29-23)24(25,26)27/h3-7,11,14,18H,8-10,12-13H2,1-2H3,(H,28,29)(H,32,33). The molecule has 2 N–H and O–H groups in total. The molecule has 8 nitrogen and oxygen atoms in total. The van der Waals surface area contributed by atoms with E-state index in [1.807, 2.05) is 13.8 Å². The first kappa shape index (κ1) is 26.0. The predicted octanol–water partition coefficient (Wildman–Crippen LogP) is 4.06. The highest BCUT2D eigenvalue weighted by Gasteiger charge is 2.36. The van der Waals surface area contributed by atoms with Gasteiger partial charge in [-0.2, -0.15) is 13.2 Å². The Hall–Kier alpha value is -3.63. The zero-order chi connectivity index (χ0) is 25.8. The fourth-order valence-corrected chi connectivity index (χ4v) is 3.84. The number of carbonyl (C=O) groups excluding carboxylic acids is 2. The number of anilines is 1. The van der Waals surface area contributed by atoms with Gasteiger partial charge in [-0.1, -0.05) is 32.0 Å². The molecular formula is C24H26F3N3O5. The Morgan fingerprint density at radius 3 is 2.63 bits per heavy atom. The number of fused-ring (bicyclic) bond motifs is 1. The number of halogens is 3. The van der Waals surface area contributed by atoms with Crippen LogP contribution in [0.4, 0.5) is 19.0 Å². The summed E-state index contributed by atoms with van der Waals surface area (Å²) in [6, 6.07) is 7.39. The SMILES string of the molecule is CC(C)CC(=O)Oc1cccc(CC(=O)N2CCNc3nc(C(F)(F)F)ccc3C2CC(=O)O)c1. The molecule has 2 heterocycles. The highest BCUT2D eigenvalue weighted by atomic mass is 19.4. The second-order valence-corrected chi connectivity index (χ2v) is 8.66. The van der Waals surface area contributed by atoms with Crippen LogP contribution in [0.25, 0.3) is 0 Å². The van der Waals surface area contributed by atoms with Crippen molar-refractivity contribution >= 4 is 23.7 Å². The quantitative estimate of drug-likeness (QED) is 0.442. The van der Waals surface area contributed by atoms with Crippen molar-refractivity contribution in [3.63, 3.8) is 0 Å². The summed E-state index contributed by atoms with van der Waals surface area (Å²) < 4.78 is 44.6. The summed E-state index contributed by atoms with van der Waals surface area (Å²) in [5, 5.41) is 12.2. The molecule has 188 valence electrons. The molecule has 0 spiro atoms. The van der Waals surface area contributed by atoms with E-state index in [9.17, 15) is 32.7 Å². The number of benzene rings is 1. The number of carbonyl (C=O) groups is 3. The van der Waals surface area contributed by atoms with E-state index in [1.54, 1.807) is 24.3 Å². The number of carboxylic acids is 1. The van der Waals surface area contributed by atoms with Gasteiger partial charge >= 0.3 is 18.1 Å². The summed E-state index contributed by atoms with van der Waals surface area (Å²) in [6.45, 7) is 3.93. The van der Waals surface area contributed by atoms with Crippen molar-refractivity contribution in [2.75, 3.05) is 18.4 Å². The number of ether oxygens (including phenoxy) is 1. The maximum absolute atomic E-state index is 13.2. The van der Waals surface area contributed by atoms with Gasteiger partial charge in [-0.25, -0.2) is 4.98 Å². The molecule has 1 aliphatic heterocycles. The highest BCUT2D eigenvalue weighted by Crippen LogP contribution is 2.36. The van der Waals surface area contributed by atoms with E-state index < -0.39 is 42.2 Å². The average molecular weight is 493 g/mol. The predicted molar refractivity (Wildman–Crippen MR) is 120 cm³/mol. The van der Waals surface area contributed by atoms with E-state index in [2.05, 4.69) is 10.3 Å². The molecular weight excluding hydrogens is 467 g/mol. The summed E-state index contributed by atoms with van der Waals surface area (Å²) >= 11 is 0. The largest absolute Gasteiger partial charge is 0.481 e. The molecule has 35 heavy (non-hydrogen) atoms. The number of nitrogens with zero attached hydrogens (tertiary/aromatic N) is 2. The average Bonchev–Trinajstić information content (AvgIpc) is 2.91. The zero-order valence-corrected chi connectivity index (χ0v) is 19.3. The number of rotatable bonds is 7. The lowest BCUT2D eigenvalue weighted by Gasteiger charge is -2.29. The Kier molecular flexibility index (Phi) is 7.98. The second kappa shape index (κ2) is 10.7. The first-order valence-electron chi connectivity index (χ1n) is 11.1. The van der Waals surface area contributed by atoms with Crippen molar-refractivity contribution in [3.05, 3.63) is 53.2 Å². The van der Waals surface area contributed by atoms with Crippen LogP contribution >= 0.6 is 0 Å². The summed E-state index contributed by atoms with van der Waals surface area (Å²) in [5.41, 5.74) is -0.369. The van der Waals surface area contributed by atoms with Gasteiger partial charge in [0.15, 0.2) is 0 Å². The highest BCUT2D eigenvalue weighted by molar-refractivity contribution is 5.81. The number of hydrogen-bond acceptors (Lipinski definition) is 6. The lowest BCUT2D eigenvalue weighted by atomic mass is 10.0. The van der Waals surface area contributed by atoms with Gasteiger partial charge in [0.05, 0.1) is 18.9 Å². The number of alkyl halides is 3. The van der Waals surface area contributed by atoms with Crippen LogP contribution in [-0.2, 0) is 27.0 Å². The molecule has 0 radical (unpaired) electrons. The Balaban J connectivity index is 1.84. The van der Waals surface area contributed by atoms with Gasteiger partial charge in [-0.15, -0.1) is 0 Å². The van der Waals surface area contributed by atoms with E-state index in [-0.39, 0.29) is 49.0 Å². The van der Waals surface area contributed by atoms with Gasteiger partial charge in [0.2, 0.25) is 5.91 Å². The minimum atomic E-state index is -4.66. The molecule has 1 atom stereocenters. The van der Waals surface area contributed by atoms with Crippen LogP contribution in [0.1, 0.15) is 49.6 Å². The van der Waals surface area contributed by atoms with Crippen molar-refractivity contribution in [1.29, 1.82) is 0 Å². The number of pyridine rings is 1. The van der Waals surface area contributed by atoms with Gasteiger partial charge in [0.1, 0.15) is 17.3 Å². The van der Waals surface area contributed by atoms with E-state index in [0.29, 0.717) is 5.56 Å². The van der Waals surface area contributed by atoms with Crippen LogP contribution in [0.3, 0.4) is 0 Å². The van der Waals surface area contributed by atoms with E-state index in [0.717, 1.165) is 12.1 Å². The van der Waals surface area contributed by atoms with Crippen LogP contribution in [0.5, 0.6) is 5.75 Å². The Morgan fingerprint density at radius 2 is 1.97 bits per heavy atom. The third kappa shape index (κ3) is 6.93. The number of esters is 1. The van der Waals surface area contributed by atoms with Crippen LogP contribution in [0.15, 0.2) is 36.4 Å². The van der Waals surface area contributed by atoms with Crippen molar-refractivity contribution in [3.8, 4) is 5.75 Å². The van der Waals surface area contributed by atoms with Crippen LogP contribution in [0.2, 0.25) is 0 Å². The van der Waals surface area contributed by atoms with Crippen molar-refractivity contribution in [1.82, 2.24) is 9.88 Å². The number of nitrogens with one attached hydrogen (secondary N) is 1. The molecule has 0 saturated heterocycles. The van der Waals surface area contributed by atoms with E-state index in [4.69, 9.17) is 4.74 Å². The topological polar surface area (TPSA) is 109 Å². The maximum Gasteiger partial charge on any atom is 0.433 e. The molecule has 1 amide bonds. The van der Waals surface area contributed by atoms with E-state index in [1.165, 1.54) is 4.90 Å². The van der Waals surface area contributed by atoms with Crippen LogP contribution in [0, 0.1) is 5.92 Å². The van der Waals surface area contributed by atoms with Gasteiger partial charge < -0.3 is 20.1 Å². The fourth-order valence-electron chi connectivity index (χ4n) is 3.84. The molecule has 1 aromatic carbocycles. The fraction of sp³-hybridized carbons (Fsp3) is 0.417. The molecule has 0 saturated carbocycles. The maximum atomic E-state index is 13.2. The van der Waals surface area contributed by atoms with E-state index >= 15 is 0 Å². The number of aromatic nitrogens is 1. The number of hydrogen-bond donors (Lipinski definition) is 2. The van der Waals surface area contributed by atoms with Gasteiger partial charge in [0, 0.05) is 25.1 Å². The molecule has 11 heteroatoms.